The summed E-state index contributed by atoms with van der Waals surface area (Å²) >= 11 is 0. The van der Waals surface area contributed by atoms with Crippen LogP contribution in [0.4, 0.5) is 0 Å². The number of pyridine rings is 1. The fraction of sp³-hybridized carbons (Fsp3) is 0.259. The van der Waals surface area contributed by atoms with Crippen LogP contribution in [0.2, 0.25) is 0 Å². The fourth-order valence-corrected chi connectivity index (χ4v) is 3.80. The van der Waals surface area contributed by atoms with Gasteiger partial charge in [-0.15, -0.1) is 0 Å². The summed E-state index contributed by atoms with van der Waals surface area (Å²) in [5, 5.41) is 5.90. The molecule has 0 radical (unpaired) electrons. The Morgan fingerprint density at radius 1 is 0.857 bits per heavy atom. The molecule has 0 aliphatic carbocycles. The number of rotatable bonds is 12. The molecule has 0 aliphatic heterocycles. The second-order valence-corrected chi connectivity index (χ2v) is 8.13. The minimum atomic E-state index is -0.727. The third kappa shape index (κ3) is 8.26. The van der Waals surface area contributed by atoms with Crippen LogP contribution < -0.4 is 22.1 Å². The summed E-state index contributed by atoms with van der Waals surface area (Å²) in [7, 11) is 0. The average Bonchev–Trinajstić information content (AvgIpc) is 2.88. The Balaban J connectivity index is 1.72. The molecule has 1 atom stereocenters. The van der Waals surface area contributed by atoms with Crippen LogP contribution in [0.15, 0.2) is 90.1 Å². The first-order chi connectivity index (χ1) is 17.0. The normalized spacial score (nSPS) is 11.5. The summed E-state index contributed by atoms with van der Waals surface area (Å²) in [5.41, 5.74) is 13.4. The molecule has 0 fully saturated rings. The third-order valence-electron chi connectivity index (χ3n) is 5.51. The summed E-state index contributed by atoms with van der Waals surface area (Å²) in [6.45, 7) is 0.785. The lowest BCUT2D eigenvalue weighted by Crippen LogP contribution is -2.48. The Hall–Kier alpha value is -4.20. The molecule has 6 N–H and O–H groups in total. The molecule has 0 saturated carbocycles. The second-order valence-electron chi connectivity index (χ2n) is 8.13. The van der Waals surface area contributed by atoms with Gasteiger partial charge in [0.15, 0.2) is 5.96 Å². The van der Waals surface area contributed by atoms with Crippen molar-refractivity contribution in [2.75, 3.05) is 13.1 Å². The van der Waals surface area contributed by atoms with E-state index in [2.05, 4.69) is 20.6 Å². The molecule has 1 unspecified atom stereocenters. The predicted octanol–water partition coefficient (Wildman–Crippen LogP) is 2.11. The zero-order valence-electron chi connectivity index (χ0n) is 19.6. The van der Waals surface area contributed by atoms with Gasteiger partial charge < -0.3 is 22.1 Å². The smallest absolute Gasteiger partial charge is 0.242 e. The van der Waals surface area contributed by atoms with E-state index < -0.39 is 12.0 Å². The number of hydrogen-bond acceptors (Lipinski definition) is 4. The Morgan fingerprint density at radius 2 is 1.49 bits per heavy atom. The topological polar surface area (TPSA) is 135 Å². The van der Waals surface area contributed by atoms with Crippen LogP contribution in [0.25, 0.3) is 0 Å². The summed E-state index contributed by atoms with van der Waals surface area (Å²) in [6, 6.07) is 24.0. The highest BCUT2D eigenvalue weighted by molar-refractivity contribution is 5.92. The lowest BCUT2D eigenvalue weighted by molar-refractivity contribution is -0.129. The molecule has 35 heavy (non-hydrogen) atoms. The van der Waals surface area contributed by atoms with Gasteiger partial charge in [0.05, 0.1) is 5.92 Å². The number of nitrogens with two attached hydrogens (primary N) is 2. The lowest BCUT2D eigenvalue weighted by Gasteiger charge is -2.23. The first-order valence-electron chi connectivity index (χ1n) is 11.7. The van der Waals surface area contributed by atoms with E-state index in [4.69, 9.17) is 11.5 Å². The summed E-state index contributed by atoms with van der Waals surface area (Å²) < 4.78 is 0. The second kappa shape index (κ2) is 13.5. The van der Waals surface area contributed by atoms with E-state index in [1.54, 1.807) is 6.20 Å². The van der Waals surface area contributed by atoms with Crippen LogP contribution in [0, 0.1) is 0 Å². The van der Waals surface area contributed by atoms with Crippen LogP contribution in [-0.4, -0.2) is 41.9 Å². The number of nitrogens with zero attached hydrogens (tertiary/aromatic N) is 2. The minimum Gasteiger partial charge on any atom is -0.370 e. The Morgan fingerprint density at radius 3 is 2.06 bits per heavy atom. The van der Waals surface area contributed by atoms with Crippen molar-refractivity contribution in [3.63, 3.8) is 0 Å². The molecule has 3 rings (SSSR count). The van der Waals surface area contributed by atoms with Gasteiger partial charge in [0.2, 0.25) is 11.8 Å². The molecule has 3 aromatic rings. The molecule has 8 heteroatoms. The van der Waals surface area contributed by atoms with E-state index in [-0.39, 0.29) is 17.8 Å². The van der Waals surface area contributed by atoms with E-state index in [1.807, 2.05) is 78.9 Å². The van der Waals surface area contributed by atoms with Crippen molar-refractivity contribution in [1.82, 2.24) is 15.6 Å². The lowest BCUT2D eigenvalue weighted by atomic mass is 9.90. The van der Waals surface area contributed by atoms with Crippen molar-refractivity contribution in [2.24, 2.45) is 16.5 Å². The number of guanidine groups is 1. The average molecular weight is 473 g/mol. The molecule has 0 bridgehead atoms. The van der Waals surface area contributed by atoms with Crippen molar-refractivity contribution in [3.8, 4) is 0 Å². The molecular weight excluding hydrogens is 440 g/mol. The van der Waals surface area contributed by atoms with Crippen LogP contribution in [-0.2, 0) is 16.0 Å². The van der Waals surface area contributed by atoms with E-state index >= 15 is 0 Å². The quantitative estimate of drug-likeness (QED) is 0.182. The highest BCUT2D eigenvalue weighted by Gasteiger charge is 2.27. The summed E-state index contributed by atoms with van der Waals surface area (Å²) in [6.07, 6.45) is 3.25. The molecule has 1 heterocycles. The molecule has 0 spiro atoms. The van der Waals surface area contributed by atoms with Crippen molar-refractivity contribution < 1.29 is 9.59 Å². The highest BCUT2D eigenvalue weighted by Crippen LogP contribution is 2.25. The maximum absolute atomic E-state index is 13.5. The van der Waals surface area contributed by atoms with Gasteiger partial charge in [-0.1, -0.05) is 66.7 Å². The van der Waals surface area contributed by atoms with Gasteiger partial charge in [0.1, 0.15) is 6.04 Å². The molecule has 0 aliphatic rings. The van der Waals surface area contributed by atoms with E-state index in [1.165, 1.54) is 0 Å². The Bertz CT molecular complexity index is 1050. The van der Waals surface area contributed by atoms with Crippen molar-refractivity contribution in [3.05, 3.63) is 102 Å². The van der Waals surface area contributed by atoms with Gasteiger partial charge in [-0.05, 0) is 36.1 Å². The maximum atomic E-state index is 13.5. The largest absolute Gasteiger partial charge is 0.370 e. The van der Waals surface area contributed by atoms with Gasteiger partial charge in [-0.3, -0.25) is 19.6 Å². The SMILES string of the molecule is NC(N)=NCCCC(NC(=O)C(c1ccccc1)c1ccccc1)C(=O)NCCc1ccccn1. The van der Waals surface area contributed by atoms with E-state index in [0.29, 0.717) is 32.4 Å². The van der Waals surface area contributed by atoms with Gasteiger partial charge >= 0.3 is 0 Å². The van der Waals surface area contributed by atoms with Crippen LogP contribution in [0.1, 0.15) is 35.6 Å². The molecule has 2 aromatic carbocycles. The van der Waals surface area contributed by atoms with Crippen LogP contribution in [0.5, 0.6) is 0 Å². The molecule has 0 saturated heterocycles. The third-order valence-corrected chi connectivity index (χ3v) is 5.51. The van der Waals surface area contributed by atoms with Gasteiger partial charge in [0, 0.05) is 31.4 Å². The highest BCUT2D eigenvalue weighted by atomic mass is 16.2. The number of hydrogen-bond donors (Lipinski definition) is 4. The van der Waals surface area contributed by atoms with E-state index in [0.717, 1.165) is 16.8 Å². The summed E-state index contributed by atoms with van der Waals surface area (Å²) in [5.74, 6) is -1.04. The number of nitrogens with one attached hydrogen (secondary N) is 2. The zero-order chi connectivity index (χ0) is 24.9. The minimum absolute atomic E-state index is 0.00128. The summed E-state index contributed by atoms with van der Waals surface area (Å²) in [4.78, 5) is 34.9. The maximum Gasteiger partial charge on any atom is 0.242 e. The van der Waals surface area contributed by atoms with Gasteiger partial charge in [-0.2, -0.15) is 0 Å². The van der Waals surface area contributed by atoms with Gasteiger partial charge in [-0.25, -0.2) is 0 Å². The Labute approximate surface area is 205 Å². The number of aliphatic imine (C=N–C) groups is 1. The number of benzene rings is 2. The van der Waals surface area contributed by atoms with Crippen molar-refractivity contribution in [1.29, 1.82) is 0 Å². The number of aromatic nitrogens is 1. The molecule has 8 nitrogen and oxygen atoms in total. The molecule has 2 amide bonds. The standard InChI is InChI=1S/C27H32N6O2/c28-27(29)32-18-9-15-23(25(34)31-19-16-22-14-7-8-17-30-22)33-26(35)24(20-10-3-1-4-11-20)21-12-5-2-6-13-21/h1-8,10-14,17,23-24H,9,15-16,18-19H2,(H,31,34)(H,33,35)(H4,28,29,32). The monoisotopic (exact) mass is 472 g/mol. The van der Waals surface area contributed by atoms with Crippen LogP contribution in [0.3, 0.4) is 0 Å². The number of carbonyl (C=O) groups excluding carboxylic acids is 2. The molecule has 1 aromatic heterocycles. The van der Waals surface area contributed by atoms with Gasteiger partial charge in [0.25, 0.3) is 0 Å². The predicted molar refractivity (Wildman–Crippen MR) is 138 cm³/mol. The molecule has 182 valence electrons. The van der Waals surface area contributed by atoms with Crippen molar-refractivity contribution in [2.45, 2.75) is 31.2 Å². The first-order valence-corrected chi connectivity index (χ1v) is 11.7. The molecular formula is C27H32N6O2. The van der Waals surface area contributed by atoms with Crippen molar-refractivity contribution >= 4 is 17.8 Å². The Kier molecular flexibility index (Phi) is 9.80. The zero-order valence-corrected chi connectivity index (χ0v) is 19.6. The first kappa shape index (κ1) is 25.4. The fourth-order valence-electron chi connectivity index (χ4n) is 3.80. The number of carbonyl (C=O) groups is 2. The number of amides is 2. The van der Waals surface area contributed by atoms with E-state index in [9.17, 15) is 9.59 Å². The van der Waals surface area contributed by atoms with Crippen LogP contribution >= 0.6 is 0 Å².